The summed E-state index contributed by atoms with van der Waals surface area (Å²) in [5.41, 5.74) is 3.20. The molecule has 1 aliphatic rings. The van der Waals surface area contributed by atoms with Gasteiger partial charge in [-0.15, -0.1) is 0 Å². The summed E-state index contributed by atoms with van der Waals surface area (Å²) in [5, 5.41) is 10.2. The van der Waals surface area contributed by atoms with Crippen molar-refractivity contribution in [1.29, 1.82) is 0 Å². The number of benzene rings is 2. The maximum atomic E-state index is 12.8. The molecule has 3 heterocycles. The molecule has 1 amide bonds. The lowest BCUT2D eigenvalue weighted by Gasteiger charge is -2.17. The average Bonchev–Trinajstić information content (AvgIpc) is 3.49. The number of hydrogen-bond acceptors (Lipinski definition) is 4. The van der Waals surface area contributed by atoms with Crippen LogP contribution in [0.4, 0.5) is 24.5 Å². The smallest absolute Gasteiger partial charge is 0.370 e. The molecule has 0 unspecified atom stereocenters. The number of halogens is 3. The highest BCUT2D eigenvalue weighted by molar-refractivity contribution is 6.11. The Balaban J connectivity index is 1.41. The van der Waals surface area contributed by atoms with Crippen molar-refractivity contribution in [2.45, 2.75) is 19.0 Å². The molecule has 33 heavy (non-hydrogen) atoms. The molecule has 2 aromatic heterocycles. The van der Waals surface area contributed by atoms with Gasteiger partial charge in [-0.2, -0.15) is 18.3 Å². The van der Waals surface area contributed by atoms with Gasteiger partial charge in [0.2, 0.25) is 0 Å². The summed E-state index contributed by atoms with van der Waals surface area (Å²) in [6.07, 6.45) is 1.54. The lowest BCUT2D eigenvalue weighted by molar-refractivity contribution is -0.137. The van der Waals surface area contributed by atoms with Gasteiger partial charge in [0.05, 0.1) is 23.0 Å². The SMILES string of the molecule is O=C(Nc1ccc(C(F)(F)F)cc1)c1n[nH]c2ccc(-c3cncc(N4CCCC4)c3)cc12. The molecule has 0 saturated carbocycles. The second-order valence-corrected chi connectivity index (χ2v) is 7.99. The van der Waals surface area contributed by atoms with E-state index in [4.69, 9.17) is 0 Å². The summed E-state index contributed by atoms with van der Waals surface area (Å²) in [6, 6.07) is 12.0. The van der Waals surface area contributed by atoms with E-state index >= 15 is 0 Å². The first-order chi connectivity index (χ1) is 15.9. The van der Waals surface area contributed by atoms with Crippen LogP contribution in [0.15, 0.2) is 60.9 Å². The number of aromatic amines is 1. The van der Waals surface area contributed by atoms with Crippen LogP contribution in [0.25, 0.3) is 22.0 Å². The number of alkyl halides is 3. The molecule has 2 aromatic carbocycles. The first-order valence-corrected chi connectivity index (χ1v) is 10.6. The number of amides is 1. The Morgan fingerprint density at radius 1 is 0.970 bits per heavy atom. The van der Waals surface area contributed by atoms with E-state index in [1.807, 2.05) is 24.4 Å². The molecule has 9 heteroatoms. The molecule has 6 nitrogen and oxygen atoms in total. The highest BCUT2D eigenvalue weighted by atomic mass is 19.4. The van der Waals surface area contributed by atoms with E-state index < -0.39 is 17.6 Å². The quantitative estimate of drug-likeness (QED) is 0.430. The second-order valence-electron chi connectivity index (χ2n) is 7.99. The molecule has 0 bridgehead atoms. The number of anilines is 2. The zero-order chi connectivity index (χ0) is 23.0. The zero-order valence-corrected chi connectivity index (χ0v) is 17.5. The van der Waals surface area contributed by atoms with Gasteiger partial charge in [0.1, 0.15) is 0 Å². The minimum absolute atomic E-state index is 0.162. The number of nitrogens with zero attached hydrogens (tertiary/aromatic N) is 3. The number of rotatable bonds is 4. The summed E-state index contributed by atoms with van der Waals surface area (Å²) in [4.78, 5) is 19.5. The number of aromatic nitrogens is 3. The predicted octanol–water partition coefficient (Wildman–Crippen LogP) is 5.50. The van der Waals surface area contributed by atoms with Crippen LogP contribution >= 0.6 is 0 Å². The van der Waals surface area contributed by atoms with Crippen molar-refractivity contribution < 1.29 is 18.0 Å². The highest BCUT2D eigenvalue weighted by Crippen LogP contribution is 2.31. The highest BCUT2D eigenvalue weighted by Gasteiger charge is 2.30. The Kier molecular flexibility index (Phi) is 5.24. The van der Waals surface area contributed by atoms with Gasteiger partial charge in [-0.05, 0) is 60.9 Å². The second kappa shape index (κ2) is 8.23. The molecule has 0 atom stereocenters. The number of nitrogens with one attached hydrogen (secondary N) is 2. The van der Waals surface area contributed by atoms with E-state index in [2.05, 4.69) is 31.5 Å². The molecule has 168 valence electrons. The lowest BCUT2D eigenvalue weighted by Crippen LogP contribution is -2.17. The summed E-state index contributed by atoms with van der Waals surface area (Å²) >= 11 is 0. The Labute approximate surface area is 187 Å². The molecular weight excluding hydrogens is 431 g/mol. The maximum Gasteiger partial charge on any atom is 0.416 e. The van der Waals surface area contributed by atoms with Crippen molar-refractivity contribution in [3.63, 3.8) is 0 Å². The molecule has 1 aliphatic heterocycles. The fourth-order valence-corrected chi connectivity index (χ4v) is 4.03. The molecule has 4 aromatic rings. The van der Waals surface area contributed by atoms with Crippen LogP contribution in [0, 0.1) is 0 Å². The van der Waals surface area contributed by atoms with Gasteiger partial charge in [0.25, 0.3) is 5.91 Å². The van der Waals surface area contributed by atoms with Gasteiger partial charge in [0.15, 0.2) is 5.69 Å². The molecule has 0 spiro atoms. The Morgan fingerprint density at radius 2 is 1.73 bits per heavy atom. The molecule has 2 N–H and O–H groups in total. The van der Waals surface area contributed by atoms with E-state index in [1.165, 1.54) is 25.0 Å². The van der Waals surface area contributed by atoms with Gasteiger partial charge in [-0.3, -0.25) is 14.9 Å². The van der Waals surface area contributed by atoms with Crippen molar-refractivity contribution in [1.82, 2.24) is 15.2 Å². The third-order valence-electron chi connectivity index (χ3n) is 5.78. The third-order valence-corrected chi connectivity index (χ3v) is 5.78. The fraction of sp³-hybridized carbons (Fsp3) is 0.208. The van der Waals surface area contributed by atoms with Crippen LogP contribution in [0.1, 0.15) is 28.9 Å². The number of H-pyrrole nitrogens is 1. The average molecular weight is 451 g/mol. The van der Waals surface area contributed by atoms with Gasteiger partial charge in [-0.1, -0.05) is 6.07 Å². The van der Waals surface area contributed by atoms with Gasteiger partial charge in [-0.25, -0.2) is 0 Å². The van der Waals surface area contributed by atoms with Crippen molar-refractivity contribution in [2.24, 2.45) is 0 Å². The topological polar surface area (TPSA) is 73.9 Å². The van der Waals surface area contributed by atoms with Crippen molar-refractivity contribution >= 4 is 28.2 Å². The number of pyridine rings is 1. The molecule has 0 radical (unpaired) electrons. The Bertz CT molecular complexity index is 1310. The summed E-state index contributed by atoms with van der Waals surface area (Å²) in [5.74, 6) is -0.512. The molecule has 1 saturated heterocycles. The molecular formula is C24H20F3N5O. The van der Waals surface area contributed by atoms with Crippen molar-refractivity contribution in [3.8, 4) is 11.1 Å². The van der Waals surface area contributed by atoms with Crippen LogP contribution in [-0.4, -0.2) is 34.2 Å². The van der Waals surface area contributed by atoms with Crippen LogP contribution < -0.4 is 10.2 Å². The summed E-state index contributed by atoms with van der Waals surface area (Å²) in [6.45, 7) is 2.03. The number of fused-ring (bicyclic) bond motifs is 1. The Hall–Kier alpha value is -3.88. The van der Waals surface area contributed by atoms with E-state index in [0.717, 1.165) is 42.0 Å². The van der Waals surface area contributed by atoms with Gasteiger partial charge >= 0.3 is 6.18 Å². The number of carbonyl (C=O) groups is 1. The fourth-order valence-electron chi connectivity index (χ4n) is 4.03. The first-order valence-electron chi connectivity index (χ1n) is 10.6. The largest absolute Gasteiger partial charge is 0.416 e. The van der Waals surface area contributed by atoms with Crippen LogP contribution in [0.2, 0.25) is 0 Å². The van der Waals surface area contributed by atoms with E-state index in [-0.39, 0.29) is 11.4 Å². The van der Waals surface area contributed by atoms with E-state index in [1.54, 1.807) is 6.20 Å². The summed E-state index contributed by atoms with van der Waals surface area (Å²) < 4.78 is 38.3. The third kappa shape index (κ3) is 4.26. The van der Waals surface area contributed by atoms with Crippen LogP contribution in [0.3, 0.4) is 0 Å². The monoisotopic (exact) mass is 451 g/mol. The van der Waals surface area contributed by atoms with Crippen LogP contribution in [0.5, 0.6) is 0 Å². The molecule has 0 aliphatic carbocycles. The molecule has 1 fully saturated rings. The predicted molar refractivity (Wildman–Crippen MR) is 120 cm³/mol. The molecule has 5 rings (SSSR count). The standard InChI is InChI=1S/C24H20F3N5O/c25-24(26,27)17-4-6-18(7-5-17)29-23(33)22-20-12-15(3-8-21(20)30-31-22)16-11-19(14-28-13-16)32-9-1-2-10-32/h3-8,11-14H,1-2,9-10H2,(H,29,33)(H,30,31). The first kappa shape index (κ1) is 21.0. The van der Waals surface area contributed by atoms with Crippen molar-refractivity contribution in [3.05, 3.63) is 72.2 Å². The lowest BCUT2D eigenvalue weighted by atomic mass is 10.0. The minimum Gasteiger partial charge on any atom is -0.370 e. The van der Waals surface area contributed by atoms with Gasteiger partial charge in [0, 0.05) is 35.9 Å². The normalized spacial score (nSPS) is 14.1. The Morgan fingerprint density at radius 3 is 2.45 bits per heavy atom. The number of carbonyl (C=O) groups excluding carboxylic acids is 1. The van der Waals surface area contributed by atoms with E-state index in [9.17, 15) is 18.0 Å². The maximum absolute atomic E-state index is 12.8. The van der Waals surface area contributed by atoms with E-state index in [0.29, 0.717) is 10.9 Å². The van der Waals surface area contributed by atoms with Gasteiger partial charge < -0.3 is 10.2 Å². The summed E-state index contributed by atoms with van der Waals surface area (Å²) in [7, 11) is 0. The zero-order valence-electron chi connectivity index (χ0n) is 17.5. The minimum atomic E-state index is -4.43. The number of hydrogen-bond donors (Lipinski definition) is 2. The van der Waals surface area contributed by atoms with Crippen molar-refractivity contribution in [2.75, 3.05) is 23.3 Å². The van der Waals surface area contributed by atoms with Crippen LogP contribution in [-0.2, 0) is 6.18 Å².